The molecule has 6 heteroatoms. The van der Waals surface area contributed by atoms with Crippen LogP contribution in [0.2, 0.25) is 0 Å². The van der Waals surface area contributed by atoms with Gasteiger partial charge in [-0.15, -0.1) is 0 Å². The molecule has 0 aliphatic heterocycles. The van der Waals surface area contributed by atoms with Gasteiger partial charge in [0.05, 0.1) is 19.7 Å². The van der Waals surface area contributed by atoms with Crippen molar-refractivity contribution < 1.29 is 9.47 Å². The zero-order valence-corrected chi connectivity index (χ0v) is 17.4. The van der Waals surface area contributed by atoms with Crippen LogP contribution in [0.1, 0.15) is 5.56 Å². The van der Waals surface area contributed by atoms with Crippen LogP contribution >= 0.6 is 0 Å². The van der Waals surface area contributed by atoms with Gasteiger partial charge in [-0.1, -0.05) is 54.6 Å². The van der Waals surface area contributed by atoms with Gasteiger partial charge >= 0.3 is 0 Å². The quantitative estimate of drug-likeness (QED) is 0.417. The fourth-order valence-electron chi connectivity index (χ4n) is 3.78. The largest absolute Gasteiger partial charge is 0.494 e. The first-order chi connectivity index (χ1) is 15.3. The lowest BCUT2D eigenvalue weighted by Crippen LogP contribution is -2.09. The van der Waals surface area contributed by atoms with Gasteiger partial charge in [-0.2, -0.15) is 4.98 Å². The number of fused-ring (bicyclic) bond motifs is 2. The zero-order chi connectivity index (χ0) is 21.2. The SMILES string of the molecule is COc1cccc2c(NCc3ccccc3)nc(-n3c(OC)cc4ccccc43)nc12. The van der Waals surface area contributed by atoms with Gasteiger partial charge in [0.1, 0.15) is 17.1 Å². The van der Waals surface area contributed by atoms with Gasteiger partial charge in [0.2, 0.25) is 11.8 Å². The monoisotopic (exact) mass is 410 g/mol. The third kappa shape index (κ3) is 3.42. The molecule has 5 aromatic rings. The maximum absolute atomic E-state index is 5.65. The van der Waals surface area contributed by atoms with E-state index in [4.69, 9.17) is 19.4 Å². The number of nitrogens with zero attached hydrogens (tertiary/aromatic N) is 3. The third-order valence-electron chi connectivity index (χ3n) is 5.29. The molecule has 2 heterocycles. The molecule has 0 radical (unpaired) electrons. The van der Waals surface area contributed by atoms with Crippen molar-refractivity contribution in [2.75, 3.05) is 19.5 Å². The number of anilines is 1. The van der Waals surface area contributed by atoms with Crippen molar-refractivity contribution in [3.8, 4) is 17.6 Å². The second-order valence-corrected chi connectivity index (χ2v) is 7.15. The Morgan fingerprint density at radius 1 is 0.839 bits per heavy atom. The van der Waals surface area contributed by atoms with Crippen molar-refractivity contribution in [3.63, 3.8) is 0 Å². The van der Waals surface area contributed by atoms with E-state index in [9.17, 15) is 0 Å². The fourth-order valence-corrected chi connectivity index (χ4v) is 3.78. The molecule has 5 rings (SSSR count). The van der Waals surface area contributed by atoms with Crippen LogP contribution in [0.4, 0.5) is 5.82 Å². The predicted octanol–water partition coefficient (Wildman–Crippen LogP) is 5.20. The van der Waals surface area contributed by atoms with Crippen LogP contribution in [0.15, 0.2) is 78.9 Å². The van der Waals surface area contributed by atoms with Gasteiger partial charge in [0.25, 0.3) is 0 Å². The Bertz CT molecular complexity index is 1360. The molecule has 0 amide bonds. The first-order valence-electron chi connectivity index (χ1n) is 10.1. The molecule has 0 spiro atoms. The van der Waals surface area contributed by atoms with E-state index in [1.54, 1.807) is 14.2 Å². The summed E-state index contributed by atoms with van der Waals surface area (Å²) >= 11 is 0. The van der Waals surface area contributed by atoms with E-state index >= 15 is 0 Å². The molecule has 3 aromatic carbocycles. The van der Waals surface area contributed by atoms with E-state index in [0.717, 1.165) is 27.6 Å². The summed E-state index contributed by atoms with van der Waals surface area (Å²) in [5.74, 6) is 2.62. The summed E-state index contributed by atoms with van der Waals surface area (Å²) in [6.07, 6.45) is 0. The number of rotatable bonds is 6. The summed E-state index contributed by atoms with van der Waals surface area (Å²) < 4.78 is 13.2. The summed E-state index contributed by atoms with van der Waals surface area (Å²) in [4.78, 5) is 9.77. The smallest absolute Gasteiger partial charge is 0.239 e. The Hall–Kier alpha value is -4.06. The van der Waals surface area contributed by atoms with Gasteiger partial charge in [0.15, 0.2) is 0 Å². The third-order valence-corrected chi connectivity index (χ3v) is 5.29. The lowest BCUT2D eigenvalue weighted by molar-refractivity contribution is 0.390. The van der Waals surface area contributed by atoms with E-state index < -0.39 is 0 Å². The number of benzene rings is 3. The van der Waals surface area contributed by atoms with E-state index in [1.165, 1.54) is 5.56 Å². The van der Waals surface area contributed by atoms with Gasteiger partial charge in [-0.05, 0) is 23.8 Å². The highest BCUT2D eigenvalue weighted by molar-refractivity contribution is 5.94. The maximum atomic E-state index is 5.65. The molecule has 6 nitrogen and oxygen atoms in total. The topological polar surface area (TPSA) is 61.2 Å². The van der Waals surface area contributed by atoms with Crippen LogP contribution < -0.4 is 14.8 Å². The number of methoxy groups -OCH3 is 2. The Balaban J connectivity index is 1.71. The van der Waals surface area contributed by atoms with E-state index in [2.05, 4.69) is 17.4 Å². The minimum absolute atomic E-state index is 0.519. The molecule has 0 saturated carbocycles. The van der Waals surface area contributed by atoms with E-state index in [1.807, 2.05) is 71.3 Å². The molecular formula is C25H22N4O2. The first-order valence-corrected chi connectivity index (χ1v) is 10.1. The number of hydrogen-bond donors (Lipinski definition) is 1. The summed E-state index contributed by atoms with van der Waals surface area (Å²) in [5.41, 5.74) is 2.88. The summed E-state index contributed by atoms with van der Waals surface area (Å²) in [5, 5.41) is 5.44. The maximum Gasteiger partial charge on any atom is 0.239 e. The molecule has 0 bridgehead atoms. The normalized spacial score (nSPS) is 11.0. The highest BCUT2D eigenvalue weighted by Gasteiger charge is 2.17. The Kier molecular flexibility index (Phi) is 4.88. The van der Waals surface area contributed by atoms with Crippen molar-refractivity contribution in [2.45, 2.75) is 6.54 Å². The predicted molar refractivity (Wildman–Crippen MR) is 123 cm³/mol. The summed E-state index contributed by atoms with van der Waals surface area (Å²) in [7, 11) is 3.31. The highest BCUT2D eigenvalue weighted by Crippen LogP contribution is 2.33. The summed E-state index contributed by atoms with van der Waals surface area (Å²) in [6.45, 7) is 0.646. The number of aromatic nitrogens is 3. The highest BCUT2D eigenvalue weighted by atomic mass is 16.5. The van der Waals surface area contributed by atoms with Crippen molar-refractivity contribution in [3.05, 3.63) is 84.4 Å². The van der Waals surface area contributed by atoms with Gasteiger partial charge in [0, 0.05) is 23.4 Å². The van der Waals surface area contributed by atoms with Crippen LogP contribution in [0, 0.1) is 0 Å². The second-order valence-electron chi connectivity index (χ2n) is 7.15. The Morgan fingerprint density at radius 3 is 2.45 bits per heavy atom. The first kappa shape index (κ1) is 18.9. The van der Waals surface area contributed by atoms with Crippen molar-refractivity contribution >= 4 is 27.6 Å². The standard InChI is InChI=1S/C25H22N4O2/c1-30-21-14-8-12-19-23(21)27-25(28-24(19)26-16-17-9-4-3-5-10-17)29-20-13-7-6-11-18(20)15-22(29)31-2/h3-15H,16H2,1-2H3,(H,26,27,28). The molecule has 1 N–H and O–H groups in total. The van der Waals surface area contributed by atoms with Crippen molar-refractivity contribution in [1.82, 2.24) is 14.5 Å². The molecule has 0 atom stereocenters. The molecule has 0 aliphatic rings. The molecule has 2 aromatic heterocycles. The minimum atomic E-state index is 0.519. The Labute approximate surface area is 180 Å². The van der Waals surface area contributed by atoms with Crippen LogP contribution in [0.3, 0.4) is 0 Å². The number of nitrogens with one attached hydrogen (secondary N) is 1. The van der Waals surface area contributed by atoms with Gasteiger partial charge < -0.3 is 14.8 Å². The van der Waals surface area contributed by atoms with E-state index in [-0.39, 0.29) is 0 Å². The molecule has 0 aliphatic carbocycles. The van der Waals surface area contributed by atoms with Gasteiger partial charge in [-0.25, -0.2) is 9.55 Å². The molecule has 0 saturated heterocycles. The fraction of sp³-hybridized carbons (Fsp3) is 0.120. The van der Waals surface area contributed by atoms with Crippen LogP contribution in [0.5, 0.6) is 11.6 Å². The zero-order valence-electron chi connectivity index (χ0n) is 17.4. The Morgan fingerprint density at radius 2 is 1.65 bits per heavy atom. The lowest BCUT2D eigenvalue weighted by atomic mass is 10.2. The number of para-hydroxylation sites is 2. The van der Waals surface area contributed by atoms with Gasteiger partial charge in [-0.3, -0.25) is 0 Å². The number of ether oxygens (including phenoxy) is 2. The van der Waals surface area contributed by atoms with Crippen LogP contribution in [0.25, 0.3) is 27.8 Å². The average molecular weight is 410 g/mol. The lowest BCUT2D eigenvalue weighted by Gasteiger charge is -2.15. The second kappa shape index (κ2) is 7.99. The van der Waals surface area contributed by atoms with E-state index in [0.29, 0.717) is 24.1 Å². The van der Waals surface area contributed by atoms with Crippen molar-refractivity contribution in [1.29, 1.82) is 0 Å². The molecule has 0 unspecified atom stereocenters. The molecule has 31 heavy (non-hydrogen) atoms. The minimum Gasteiger partial charge on any atom is -0.494 e. The number of hydrogen-bond acceptors (Lipinski definition) is 5. The summed E-state index contributed by atoms with van der Waals surface area (Å²) in [6, 6.07) is 26.2. The molecule has 0 fully saturated rings. The molecular weight excluding hydrogens is 388 g/mol. The average Bonchev–Trinajstić information content (AvgIpc) is 3.21. The van der Waals surface area contributed by atoms with Crippen LogP contribution in [-0.2, 0) is 6.54 Å². The van der Waals surface area contributed by atoms with Crippen molar-refractivity contribution in [2.24, 2.45) is 0 Å². The molecule has 154 valence electrons. The van der Waals surface area contributed by atoms with Crippen LogP contribution in [-0.4, -0.2) is 28.8 Å².